The van der Waals surface area contributed by atoms with Gasteiger partial charge in [0, 0.05) is 18.5 Å². The van der Waals surface area contributed by atoms with E-state index < -0.39 is 24.1 Å². The van der Waals surface area contributed by atoms with Gasteiger partial charge < -0.3 is 15.7 Å². The zero-order valence-electron chi connectivity index (χ0n) is 17.1. The molecule has 4 rings (SSSR count). The van der Waals surface area contributed by atoms with Crippen LogP contribution >= 0.6 is 0 Å². The molecule has 1 amide bonds. The van der Waals surface area contributed by atoms with Gasteiger partial charge in [-0.1, -0.05) is 6.92 Å². The molecule has 1 saturated carbocycles. The summed E-state index contributed by atoms with van der Waals surface area (Å²) in [7, 11) is 0. The summed E-state index contributed by atoms with van der Waals surface area (Å²) in [5.74, 6) is -0.304. The van der Waals surface area contributed by atoms with Crippen LogP contribution in [0.25, 0.3) is 11.4 Å². The maximum Gasteiger partial charge on any atom is 0.231 e. The SMILES string of the molecule is CCC(O)c1cc(C)c(Nc2nccnc2-c2cc(NC(=O)[C@H]3C[C@H]3F)ncn2)cn1. The highest BCUT2D eigenvalue weighted by atomic mass is 19.1. The summed E-state index contributed by atoms with van der Waals surface area (Å²) in [5, 5.41) is 15.8. The number of hydrogen-bond acceptors (Lipinski definition) is 8. The van der Waals surface area contributed by atoms with Crippen LogP contribution in [0.5, 0.6) is 0 Å². The fraction of sp³-hybridized carbons (Fsp3) is 0.333. The number of carbonyl (C=O) groups is 1. The van der Waals surface area contributed by atoms with E-state index in [-0.39, 0.29) is 12.2 Å². The lowest BCUT2D eigenvalue weighted by Gasteiger charge is -2.14. The van der Waals surface area contributed by atoms with Gasteiger partial charge in [0.05, 0.1) is 35.3 Å². The Bertz CT molecular complexity index is 1110. The Hall–Kier alpha value is -3.53. The van der Waals surface area contributed by atoms with Gasteiger partial charge in [-0.3, -0.25) is 9.78 Å². The van der Waals surface area contributed by atoms with Crippen molar-refractivity contribution in [3.63, 3.8) is 0 Å². The normalized spacial score (nSPS) is 18.3. The molecule has 1 fully saturated rings. The summed E-state index contributed by atoms with van der Waals surface area (Å²) in [6, 6.07) is 3.38. The number of nitrogens with one attached hydrogen (secondary N) is 2. The molecule has 3 atom stereocenters. The topological polar surface area (TPSA) is 126 Å². The van der Waals surface area contributed by atoms with Gasteiger partial charge in [0.25, 0.3) is 0 Å². The largest absolute Gasteiger partial charge is 0.387 e. The molecule has 1 aliphatic rings. The van der Waals surface area contributed by atoms with Gasteiger partial charge >= 0.3 is 0 Å². The summed E-state index contributed by atoms with van der Waals surface area (Å²) in [4.78, 5) is 33.3. The van der Waals surface area contributed by atoms with Gasteiger partial charge in [0.2, 0.25) is 5.91 Å². The third-order valence-electron chi connectivity index (χ3n) is 5.02. The fourth-order valence-corrected chi connectivity index (χ4v) is 3.05. The van der Waals surface area contributed by atoms with Crippen LogP contribution in [0.2, 0.25) is 0 Å². The first-order valence-corrected chi connectivity index (χ1v) is 9.96. The maximum atomic E-state index is 13.1. The van der Waals surface area contributed by atoms with Crippen molar-refractivity contribution in [2.24, 2.45) is 5.92 Å². The van der Waals surface area contributed by atoms with Crippen LogP contribution in [-0.4, -0.2) is 42.1 Å². The van der Waals surface area contributed by atoms with Crippen LogP contribution < -0.4 is 10.6 Å². The second-order valence-electron chi connectivity index (χ2n) is 7.36. The number of nitrogens with zero attached hydrogens (tertiary/aromatic N) is 5. The van der Waals surface area contributed by atoms with E-state index in [1.807, 2.05) is 19.9 Å². The molecule has 0 saturated heterocycles. The standard InChI is InChI=1S/C21H22FN7O2/c1-3-17(30)14-6-11(2)16(9-25-14)28-20-19(23-4-5-24-20)15-8-18(27-10-26-15)29-21(31)12-7-13(12)22/h4-6,8-10,12-13,17,30H,3,7H2,1-2H3,(H,24,28)(H,26,27,29,31)/t12-,13+,17?/m0/s1. The van der Waals surface area contributed by atoms with E-state index in [4.69, 9.17) is 0 Å². The zero-order valence-corrected chi connectivity index (χ0v) is 17.1. The van der Waals surface area contributed by atoms with Crippen LogP contribution in [0.15, 0.2) is 37.1 Å². The molecular weight excluding hydrogens is 401 g/mol. The van der Waals surface area contributed by atoms with Crippen LogP contribution in [0.3, 0.4) is 0 Å². The summed E-state index contributed by atoms with van der Waals surface area (Å²) >= 11 is 0. The average molecular weight is 423 g/mol. The highest BCUT2D eigenvalue weighted by molar-refractivity contribution is 5.94. The van der Waals surface area contributed by atoms with Gasteiger partial charge in [-0.2, -0.15) is 0 Å². The minimum atomic E-state index is -1.08. The van der Waals surface area contributed by atoms with Crippen molar-refractivity contribution in [2.75, 3.05) is 10.6 Å². The third-order valence-corrected chi connectivity index (χ3v) is 5.02. The smallest absolute Gasteiger partial charge is 0.231 e. The molecule has 0 aromatic carbocycles. The van der Waals surface area contributed by atoms with Crippen LogP contribution in [0.1, 0.15) is 37.1 Å². The first-order valence-electron chi connectivity index (χ1n) is 9.96. The van der Waals surface area contributed by atoms with Crippen molar-refractivity contribution in [3.8, 4) is 11.4 Å². The van der Waals surface area contributed by atoms with Gasteiger partial charge in [-0.05, 0) is 31.4 Å². The molecule has 0 aliphatic heterocycles. The first-order chi connectivity index (χ1) is 15.0. The molecule has 0 radical (unpaired) electrons. The number of halogens is 1. The average Bonchev–Trinajstić information content (AvgIpc) is 3.52. The number of pyridine rings is 1. The number of aliphatic hydroxyl groups excluding tert-OH is 1. The number of alkyl halides is 1. The third kappa shape index (κ3) is 4.64. The lowest BCUT2D eigenvalue weighted by Crippen LogP contribution is -2.16. The van der Waals surface area contributed by atoms with E-state index in [0.29, 0.717) is 35.0 Å². The predicted molar refractivity (Wildman–Crippen MR) is 112 cm³/mol. The van der Waals surface area contributed by atoms with Crippen molar-refractivity contribution in [2.45, 2.75) is 39.0 Å². The number of anilines is 3. The van der Waals surface area contributed by atoms with Gasteiger partial charge in [0.15, 0.2) is 5.82 Å². The molecule has 3 aromatic heterocycles. The molecule has 3 N–H and O–H groups in total. The molecule has 3 aromatic rings. The van der Waals surface area contributed by atoms with Crippen LogP contribution in [0.4, 0.5) is 21.7 Å². The van der Waals surface area contributed by atoms with Gasteiger partial charge in [-0.15, -0.1) is 0 Å². The molecular formula is C21H22FN7O2. The number of aryl methyl sites for hydroxylation is 1. The summed E-state index contributed by atoms with van der Waals surface area (Å²) in [5.41, 5.74) is 3.09. The van der Waals surface area contributed by atoms with Gasteiger partial charge in [0.1, 0.15) is 24.0 Å². The minimum Gasteiger partial charge on any atom is -0.387 e. The predicted octanol–water partition coefficient (Wildman–Crippen LogP) is 3.12. The van der Waals surface area contributed by atoms with Crippen molar-refractivity contribution in [3.05, 3.63) is 48.3 Å². The number of aliphatic hydroxyl groups is 1. The van der Waals surface area contributed by atoms with E-state index in [9.17, 15) is 14.3 Å². The van der Waals surface area contributed by atoms with Crippen molar-refractivity contribution in [1.29, 1.82) is 0 Å². The van der Waals surface area contributed by atoms with E-state index >= 15 is 0 Å². The van der Waals surface area contributed by atoms with E-state index in [1.165, 1.54) is 12.5 Å². The Kier molecular flexibility index (Phi) is 5.81. The molecule has 1 aliphatic carbocycles. The number of hydrogen-bond donors (Lipinski definition) is 3. The monoisotopic (exact) mass is 423 g/mol. The van der Waals surface area contributed by atoms with Crippen LogP contribution in [-0.2, 0) is 4.79 Å². The lowest BCUT2D eigenvalue weighted by atomic mass is 10.1. The fourth-order valence-electron chi connectivity index (χ4n) is 3.05. The molecule has 1 unspecified atom stereocenters. The van der Waals surface area contributed by atoms with E-state index in [2.05, 4.69) is 35.6 Å². The highest BCUT2D eigenvalue weighted by Crippen LogP contribution is 2.35. The van der Waals surface area contributed by atoms with E-state index in [0.717, 1.165) is 5.56 Å². The molecule has 31 heavy (non-hydrogen) atoms. The highest BCUT2D eigenvalue weighted by Gasteiger charge is 2.43. The Labute approximate surface area is 178 Å². The van der Waals surface area contributed by atoms with E-state index in [1.54, 1.807) is 18.5 Å². The summed E-state index contributed by atoms with van der Waals surface area (Å²) in [6.45, 7) is 3.79. The first kappa shape index (κ1) is 20.7. The molecule has 3 heterocycles. The van der Waals surface area contributed by atoms with Gasteiger partial charge in [-0.25, -0.2) is 24.3 Å². The molecule has 10 heteroatoms. The molecule has 9 nitrogen and oxygen atoms in total. The number of amides is 1. The van der Waals surface area contributed by atoms with Crippen molar-refractivity contribution >= 4 is 23.2 Å². The number of aromatic nitrogens is 5. The minimum absolute atomic E-state index is 0.240. The molecule has 0 bridgehead atoms. The maximum absolute atomic E-state index is 13.1. The van der Waals surface area contributed by atoms with Crippen molar-refractivity contribution < 1.29 is 14.3 Å². The summed E-state index contributed by atoms with van der Waals surface area (Å²) in [6.07, 6.45) is 5.13. The van der Waals surface area contributed by atoms with Crippen LogP contribution in [0, 0.1) is 12.8 Å². The van der Waals surface area contributed by atoms with Crippen molar-refractivity contribution in [1.82, 2.24) is 24.9 Å². The quantitative estimate of drug-likeness (QED) is 0.529. The molecule has 0 spiro atoms. The zero-order chi connectivity index (χ0) is 22.0. The second-order valence-corrected chi connectivity index (χ2v) is 7.36. The number of carbonyl (C=O) groups excluding carboxylic acids is 1. The molecule has 160 valence electrons. The number of rotatable bonds is 7. The second kappa shape index (κ2) is 8.68. The summed E-state index contributed by atoms with van der Waals surface area (Å²) < 4.78 is 13.1. The Balaban J connectivity index is 1.58. The lowest BCUT2D eigenvalue weighted by molar-refractivity contribution is -0.117. The Morgan fingerprint density at radius 3 is 2.71 bits per heavy atom. The Morgan fingerprint density at radius 2 is 2.00 bits per heavy atom. The Morgan fingerprint density at radius 1 is 1.23 bits per heavy atom.